The van der Waals surface area contributed by atoms with Crippen LogP contribution in [-0.4, -0.2) is 23.9 Å². The molecule has 1 saturated heterocycles. The van der Waals surface area contributed by atoms with Crippen LogP contribution in [0.25, 0.3) is 0 Å². The van der Waals surface area contributed by atoms with Crippen LogP contribution in [0, 0.1) is 6.92 Å². The highest BCUT2D eigenvalue weighted by atomic mass is 79.9. The predicted molar refractivity (Wildman–Crippen MR) is 98.3 cm³/mol. The largest absolute Gasteiger partial charge is 0.496 e. The van der Waals surface area contributed by atoms with Crippen molar-refractivity contribution in [3.63, 3.8) is 0 Å². The minimum atomic E-state index is -1.05. The van der Waals surface area contributed by atoms with Crippen molar-refractivity contribution in [3.8, 4) is 5.75 Å². The summed E-state index contributed by atoms with van der Waals surface area (Å²) in [5.41, 5.74) is 1.66. The summed E-state index contributed by atoms with van der Waals surface area (Å²) in [6.07, 6.45) is 0. The number of amides is 3. The molecule has 1 aliphatic heterocycles. The Bertz CT molecular complexity index is 835. The number of urea groups is 1. The van der Waals surface area contributed by atoms with Crippen LogP contribution in [0.5, 0.6) is 5.75 Å². The van der Waals surface area contributed by atoms with Gasteiger partial charge in [0.2, 0.25) is 0 Å². The van der Waals surface area contributed by atoms with Gasteiger partial charge in [-0.2, -0.15) is 0 Å². The van der Waals surface area contributed by atoms with E-state index in [9.17, 15) is 9.59 Å². The number of imide groups is 1. The lowest BCUT2D eigenvalue weighted by atomic mass is 9.91. The van der Waals surface area contributed by atoms with Crippen LogP contribution in [-0.2, 0) is 16.9 Å². The Morgan fingerprint density at radius 3 is 2.44 bits per heavy atom. The first-order valence-corrected chi connectivity index (χ1v) is 8.68. The molecule has 5 nitrogen and oxygen atoms in total. The first-order valence-electron chi connectivity index (χ1n) is 7.89. The van der Waals surface area contributed by atoms with Gasteiger partial charge in [-0.3, -0.25) is 9.69 Å². The van der Waals surface area contributed by atoms with Gasteiger partial charge in [0.1, 0.15) is 11.3 Å². The second-order valence-corrected chi connectivity index (χ2v) is 7.14. The molecule has 0 bridgehead atoms. The molecule has 2 aromatic rings. The van der Waals surface area contributed by atoms with Crippen molar-refractivity contribution in [2.45, 2.75) is 25.9 Å². The molecular weight excluding hydrogens is 384 g/mol. The van der Waals surface area contributed by atoms with Crippen LogP contribution < -0.4 is 10.1 Å². The fourth-order valence-corrected chi connectivity index (χ4v) is 3.50. The molecule has 0 aromatic heterocycles. The summed E-state index contributed by atoms with van der Waals surface area (Å²) >= 11 is 3.42. The number of nitrogens with one attached hydrogen (secondary N) is 1. The monoisotopic (exact) mass is 402 g/mol. The molecule has 25 heavy (non-hydrogen) atoms. The maximum atomic E-state index is 12.9. The molecule has 0 spiro atoms. The molecule has 1 atom stereocenters. The molecule has 1 fully saturated rings. The van der Waals surface area contributed by atoms with E-state index >= 15 is 0 Å². The zero-order valence-electron chi connectivity index (χ0n) is 14.3. The van der Waals surface area contributed by atoms with E-state index in [1.165, 1.54) is 4.90 Å². The van der Waals surface area contributed by atoms with Crippen molar-refractivity contribution in [1.82, 2.24) is 10.2 Å². The topological polar surface area (TPSA) is 58.6 Å². The summed E-state index contributed by atoms with van der Waals surface area (Å²) in [6, 6.07) is 12.7. The summed E-state index contributed by atoms with van der Waals surface area (Å²) in [5.74, 6) is 0.443. The first-order chi connectivity index (χ1) is 11.8. The lowest BCUT2D eigenvalue weighted by Gasteiger charge is -2.22. The summed E-state index contributed by atoms with van der Waals surface area (Å²) in [7, 11) is 1.59. The minimum Gasteiger partial charge on any atom is -0.496 e. The highest BCUT2D eigenvalue weighted by molar-refractivity contribution is 9.10. The Balaban J connectivity index is 1.86. The Morgan fingerprint density at radius 2 is 1.84 bits per heavy atom. The molecule has 130 valence electrons. The number of hydrogen-bond acceptors (Lipinski definition) is 3. The number of methoxy groups -OCH3 is 1. The summed E-state index contributed by atoms with van der Waals surface area (Å²) in [6.45, 7) is 3.92. The van der Waals surface area contributed by atoms with E-state index in [2.05, 4.69) is 21.2 Å². The van der Waals surface area contributed by atoms with Gasteiger partial charge < -0.3 is 10.1 Å². The second kappa shape index (κ2) is 6.52. The average molecular weight is 403 g/mol. The van der Waals surface area contributed by atoms with Crippen molar-refractivity contribution in [3.05, 3.63) is 63.6 Å². The molecule has 3 rings (SSSR count). The first kappa shape index (κ1) is 17.5. The van der Waals surface area contributed by atoms with Crippen LogP contribution in [0.15, 0.2) is 46.9 Å². The minimum absolute atomic E-state index is 0.203. The van der Waals surface area contributed by atoms with Gasteiger partial charge in [-0.1, -0.05) is 35.9 Å². The second-order valence-electron chi connectivity index (χ2n) is 6.28. The van der Waals surface area contributed by atoms with E-state index in [1.54, 1.807) is 20.1 Å². The predicted octanol–water partition coefficient (Wildman–Crippen LogP) is 3.73. The van der Waals surface area contributed by atoms with Gasteiger partial charge in [0.15, 0.2) is 0 Å². The van der Waals surface area contributed by atoms with Crippen LogP contribution >= 0.6 is 15.9 Å². The van der Waals surface area contributed by atoms with E-state index in [1.807, 2.05) is 43.3 Å². The van der Waals surface area contributed by atoms with Crippen molar-refractivity contribution in [2.24, 2.45) is 0 Å². The van der Waals surface area contributed by atoms with Crippen molar-refractivity contribution in [2.75, 3.05) is 7.11 Å². The Hall–Kier alpha value is -2.34. The third-order valence-corrected chi connectivity index (χ3v) is 5.08. The summed E-state index contributed by atoms with van der Waals surface area (Å²) < 4.78 is 5.98. The normalized spacial score (nSPS) is 19.9. The highest BCUT2D eigenvalue weighted by Crippen LogP contribution is 2.31. The van der Waals surface area contributed by atoms with Gasteiger partial charge in [0.25, 0.3) is 5.91 Å². The molecule has 0 unspecified atom stereocenters. The number of halogens is 1. The van der Waals surface area contributed by atoms with Crippen molar-refractivity contribution < 1.29 is 14.3 Å². The molecule has 0 radical (unpaired) electrons. The Morgan fingerprint density at radius 1 is 1.16 bits per heavy atom. The van der Waals surface area contributed by atoms with E-state index in [0.29, 0.717) is 5.75 Å². The zero-order chi connectivity index (χ0) is 18.2. The quantitative estimate of drug-likeness (QED) is 0.792. The molecule has 3 amide bonds. The zero-order valence-corrected chi connectivity index (χ0v) is 15.9. The van der Waals surface area contributed by atoms with Crippen molar-refractivity contribution >= 4 is 27.9 Å². The van der Waals surface area contributed by atoms with Gasteiger partial charge in [-0.05, 0) is 53.0 Å². The van der Waals surface area contributed by atoms with Gasteiger partial charge >= 0.3 is 6.03 Å². The number of hydrogen-bond donors (Lipinski definition) is 1. The Labute approximate surface area is 155 Å². The molecule has 6 heteroatoms. The number of nitrogens with zero attached hydrogens (tertiary/aromatic N) is 1. The number of rotatable bonds is 4. The van der Waals surface area contributed by atoms with Crippen LogP contribution in [0.3, 0.4) is 0 Å². The maximum Gasteiger partial charge on any atom is 0.325 e. The molecule has 1 aliphatic rings. The number of benzene rings is 2. The molecule has 2 aromatic carbocycles. The molecule has 1 N–H and O–H groups in total. The highest BCUT2D eigenvalue weighted by Gasteiger charge is 2.48. The number of aryl methyl sites for hydroxylation is 1. The van der Waals surface area contributed by atoms with E-state index in [0.717, 1.165) is 21.2 Å². The maximum absolute atomic E-state index is 12.9. The van der Waals surface area contributed by atoms with Gasteiger partial charge in [-0.25, -0.2) is 4.79 Å². The average Bonchev–Trinajstić information content (AvgIpc) is 2.80. The van der Waals surface area contributed by atoms with E-state index < -0.39 is 5.54 Å². The van der Waals surface area contributed by atoms with Gasteiger partial charge in [0.05, 0.1) is 18.1 Å². The fraction of sp³-hybridized carbons (Fsp3) is 0.263. The third-order valence-electron chi connectivity index (χ3n) is 4.46. The van der Waals surface area contributed by atoms with Crippen LogP contribution in [0.1, 0.15) is 23.6 Å². The summed E-state index contributed by atoms with van der Waals surface area (Å²) in [5, 5.41) is 2.82. The standard InChI is InChI=1S/C19H19BrN2O3/c1-12-4-7-14(8-5-12)19(2)17(23)22(18(24)21-19)11-13-6-9-16(25-3)15(20)10-13/h4-10H,11H2,1-3H3,(H,21,24)/t19-/m1/s1. The van der Waals surface area contributed by atoms with Crippen molar-refractivity contribution in [1.29, 1.82) is 0 Å². The van der Waals surface area contributed by atoms with Gasteiger partial charge in [0, 0.05) is 0 Å². The van der Waals surface area contributed by atoms with Crippen LogP contribution in [0.4, 0.5) is 4.79 Å². The number of carbonyl (C=O) groups is 2. The molecular formula is C19H19BrN2O3. The SMILES string of the molecule is COc1ccc(CN2C(=O)N[C@](C)(c3ccc(C)cc3)C2=O)cc1Br. The van der Waals surface area contributed by atoms with Gasteiger partial charge in [-0.15, -0.1) is 0 Å². The summed E-state index contributed by atoms with van der Waals surface area (Å²) in [4.78, 5) is 26.6. The smallest absolute Gasteiger partial charge is 0.325 e. The lowest BCUT2D eigenvalue weighted by molar-refractivity contribution is -0.131. The molecule has 0 aliphatic carbocycles. The van der Waals surface area contributed by atoms with E-state index in [-0.39, 0.29) is 18.5 Å². The Kier molecular flexibility index (Phi) is 4.56. The van der Waals surface area contributed by atoms with E-state index in [4.69, 9.17) is 4.74 Å². The molecule has 0 saturated carbocycles. The lowest BCUT2D eigenvalue weighted by Crippen LogP contribution is -2.40. The number of ether oxygens (including phenoxy) is 1. The number of carbonyl (C=O) groups excluding carboxylic acids is 2. The van der Waals surface area contributed by atoms with Crippen LogP contribution in [0.2, 0.25) is 0 Å². The fourth-order valence-electron chi connectivity index (χ4n) is 2.91. The molecule has 1 heterocycles. The third kappa shape index (κ3) is 3.14.